The van der Waals surface area contributed by atoms with Crippen molar-refractivity contribution in [2.75, 3.05) is 26.3 Å². The molecule has 0 aliphatic carbocycles. The number of carbonyl (C=O) groups excluding carboxylic acids is 1. The van der Waals surface area contributed by atoms with Gasteiger partial charge in [0.1, 0.15) is 0 Å². The summed E-state index contributed by atoms with van der Waals surface area (Å²) in [6.07, 6.45) is 2.14. The molecule has 1 unspecified atom stereocenters. The first-order chi connectivity index (χ1) is 12.4. The van der Waals surface area contributed by atoms with Gasteiger partial charge in [0.05, 0.1) is 18.3 Å². The standard InChI is InChI=1S/C17H24BNO4.C3H8/c1-13-17(2,3)23-18(22-13)15-7-4-6-14(12-15)16(20)19-8-5-10-21-11-9-19;1-3-2/h4,6-7,12-13H,5,8-11H2,1-3H3;3H2,1-2H3. The monoisotopic (exact) mass is 361 g/mol. The Morgan fingerprint density at radius 3 is 2.65 bits per heavy atom. The Hall–Kier alpha value is -1.37. The molecule has 5 nitrogen and oxygen atoms in total. The molecule has 26 heavy (non-hydrogen) atoms. The van der Waals surface area contributed by atoms with Crippen LogP contribution in [0.4, 0.5) is 0 Å². The van der Waals surface area contributed by atoms with Gasteiger partial charge in [-0.3, -0.25) is 4.79 Å². The first kappa shape index (κ1) is 20.9. The lowest BCUT2D eigenvalue weighted by Crippen LogP contribution is -2.37. The summed E-state index contributed by atoms with van der Waals surface area (Å²) < 4.78 is 17.3. The largest absolute Gasteiger partial charge is 0.494 e. The van der Waals surface area contributed by atoms with E-state index in [0.29, 0.717) is 18.7 Å². The summed E-state index contributed by atoms with van der Waals surface area (Å²) in [7, 11) is -0.416. The third kappa shape index (κ3) is 5.32. The summed E-state index contributed by atoms with van der Waals surface area (Å²) >= 11 is 0. The van der Waals surface area contributed by atoms with Gasteiger partial charge in [-0.2, -0.15) is 0 Å². The Kier molecular flexibility index (Phi) is 7.68. The van der Waals surface area contributed by atoms with E-state index in [1.165, 1.54) is 6.42 Å². The van der Waals surface area contributed by atoms with Crippen molar-refractivity contribution in [3.05, 3.63) is 29.8 Å². The van der Waals surface area contributed by atoms with E-state index in [0.717, 1.165) is 25.0 Å². The minimum Gasteiger partial charge on any atom is -0.402 e. The van der Waals surface area contributed by atoms with Crippen molar-refractivity contribution in [2.45, 2.75) is 59.2 Å². The SMILES string of the molecule is CC1OB(c2cccc(C(=O)N3CCCOCC3)c2)OC1(C)C.CCC. The lowest BCUT2D eigenvalue weighted by Gasteiger charge is -2.21. The van der Waals surface area contributed by atoms with Crippen LogP contribution in [0, 0.1) is 0 Å². The molecular formula is C20H32BNO4. The minimum atomic E-state index is -0.416. The van der Waals surface area contributed by atoms with Crippen molar-refractivity contribution in [3.63, 3.8) is 0 Å². The van der Waals surface area contributed by atoms with Crippen molar-refractivity contribution < 1.29 is 18.8 Å². The van der Waals surface area contributed by atoms with Gasteiger partial charge in [-0.25, -0.2) is 0 Å². The molecular weight excluding hydrogens is 329 g/mol. The number of ether oxygens (including phenoxy) is 1. The van der Waals surface area contributed by atoms with Crippen LogP contribution in [0.3, 0.4) is 0 Å². The summed E-state index contributed by atoms with van der Waals surface area (Å²) in [5.41, 5.74) is 1.24. The molecule has 2 aliphatic heterocycles. The number of carbonyl (C=O) groups is 1. The fourth-order valence-electron chi connectivity index (χ4n) is 2.85. The fourth-order valence-corrected chi connectivity index (χ4v) is 2.85. The van der Waals surface area contributed by atoms with Crippen LogP contribution in [0.2, 0.25) is 0 Å². The zero-order valence-electron chi connectivity index (χ0n) is 16.8. The maximum atomic E-state index is 12.7. The third-order valence-electron chi connectivity index (χ3n) is 4.63. The predicted molar refractivity (Wildman–Crippen MR) is 105 cm³/mol. The molecule has 1 amide bonds. The van der Waals surface area contributed by atoms with Crippen molar-refractivity contribution in [2.24, 2.45) is 0 Å². The lowest BCUT2D eigenvalue weighted by atomic mass is 9.78. The molecule has 2 aliphatic rings. The van der Waals surface area contributed by atoms with E-state index in [4.69, 9.17) is 14.0 Å². The fraction of sp³-hybridized carbons (Fsp3) is 0.650. The van der Waals surface area contributed by atoms with Gasteiger partial charge in [-0.15, -0.1) is 0 Å². The molecule has 1 atom stereocenters. The van der Waals surface area contributed by atoms with E-state index in [2.05, 4.69) is 13.8 Å². The van der Waals surface area contributed by atoms with E-state index in [-0.39, 0.29) is 17.6 Å². The average Bonchev–Trinajstić information content (AvgIpc) is 2.81. The highest BCUT2D eigenvalue weighted by molar-refractivity contribution is 6.62. The molecule has 2 heterocycles. The van der Waals surface area contributed by atoms with Gasteiger partial charge in [0.25, 0.3) is 5.91 Å². The number of benzene rings is 1. The molecule has 3 rings (SSSR count). The molecule has 0 spiro atoms. The molecule has 144 valence electrons. The van der Waals surface area contributed by atoms with Gasteiger partial charge < -0.3 is 18.9 Å². The smallest absolute Gasteiger partial charge is 0.402 e. The summed E-state index contributed by atoms with van der Waals surface area (Å²) in [5, 5.41) is 0. The average molecular weight is 361 g/mol. The molecule has 0 radical (unpaired) electrons. The van der Waals surface area contributed by atoms with E-state index in [1.54, 1.807) is 0 Å². The molecule has 0 saturated carbocycles. The molecule has 2 fully saturated rings. The quantitative estimate of drug-likeness (QED) is 0.760. The molecule has 0 N–H and O–H groups in total. The summed E-state index contributed by atoms with van der Waals surface area (Å²) in [6.45, 7) is 13.0. The van der Waals surface area contributed by atoms with Crippen molar-refractivity contribution >= 4 is 18.5 Å². The zero-order valence-corrected chi connectivity index (χ0v) is 16.8. The Morgan fingerprint density at radius 2 is 2.00 bits per heavy atom. The van der Waals surface area contributed by atoms with Crippen molar-refractivity contribution in [3.8, 4) is 0 Å². The summed E-state index contributed by atoms with van der Waals surface area (Å²) in [5.74, 6) is 0.0441. The molecule has 1 aromatic rings. The Balaban J connectivity index is 0.000000758. The van der Waals surface area contributed by atoms with Gasteiger partial charge in [0.2, 0.25) is 0 Å². The molecule has 2 saturated heterocycles. The highest BCUT2D eigenvalue weighted by Gasteiger charge is 2.43. The normalized spacial score (nSPS) is 22.4. The van der Waals surface area contributed by atoms with E-state index >= 15 is 0 Å². The number of nitrogens with zero attached hydrogens (tertiary/aromatic N) is 1. The second-order valence-electron chi connectivity index (χ2n) is 7.42. The number of hydrogen-bond donors (Lipinski definition) is 0. The Bertz CT molecular complexity index is 585. The lowest BCUT2D eigenvalue weighted by molar-refractivity contribution is 0.0741. The summed E-state index contributed by atoms with van der Waals surface area (Å²) in [4.78, 5) is 14.6. The van der Waals surface area contributed by atoms with Gasteiger partial charge >= 0.3 is 7.12 Å². The highest BCUT2D eigenvalue weighted by Crippen LogP contribution is 2.26. The maximum Gasteiger partial charge on any atom is 0.494 e. The number of hydrogen-bond acceptors (Lipinski definition) is 4. The molecule has 0 bridgehead atoms. The number of rotatable bonds is 2. The van der Waals surface area contributed by atoms with Crippen molar-refractivity contribution in [1.82, 2.24) is 4.90 Å². The van der Waals surface area contributed by atoms with Crippen molar-refractivity contribution in [1.29, 1.82) is 0 Å². The predicted octanol–water partition coefficient (Wildman–Crippen LogP) is 2.87. The van der Waals surface area contributed by atoms with Crippen LogP contribution in [0.15, 0.2) is 24.3 Å². The first-order valence-electron chi connectivity index (χ1n) is 9.69. The molecule has 0 aromatic heterocycles. The van der Waals surface area contributed by atoms with Gasteiger partial charge in [0.15, 0.2) is 0 Å². The topological polar surface area (TPSA) is 48.0 Å². The van der Waals surface area contributed by atoms with Gasteiger partial charge in [-0.05, 0) is 44.8 Å². The second-order valence-corrected chi connectivity index (χ2v) is 7.42. The van der Waals surface area contributed by atoms with Crippen LogP contribution in [0.25, 0.3) is 0 Å². The Labute approximate surface area is 158 Å². The number of amides is 1. The van der Waals surface area contributed by atoms with E-state index in [1.807, 2.05) is 49.9 Å². The Morgan fingerprint density at radius 1 is 1.27 bits per heavy atom. The third-order valence-corrected chi connectivity index (χ3v) is 4.63. The highest BCUT2D eigenvalue weighted by atomic mass is 16.7. The van der Waals surface area contributed by atoms with Crippen LogP contribution in [0.1, 0.15) is 57.8 Å². The van der Waals surface area contributed by atoms with E-state index in [9.17, 15) is 4.79 Å². The first-order valence-corrected chi connectivity index (χ1v) is 9.69. The second kappa shape index (κ2) is 9.54. The minimum absolute atomic E-state index is 0.00890. The van der Waals surface area contributed by atoms with Crippen LogP contribution in [-0.2, 0) is 14.0 Å². The van der Waals surface area contributed by atoms with Crippen LogP contribution >= 0.6 is 0 Å². The van der Waals surface area contributed by atoms with Crippen LogP contribution in [-0.4, -0.2) is 55.9 Å². The van der Waals surface area contributed by atoms with Gasteiger partial charge in [-0.1, -0.05) is 32.4 Å². The summed E-state index contributed by atoms with van der Waals surface area (Å²) in [6, 6.07) is 7.56. The van der Waals surface area contributed by atoms with E-state index < -0.39 is 7.12 Å². The van der Waals surface area contributed by atoms with Crippen LogP contribution < -0.4 is 5.46 Å². The van der Waals surface area contributed by atoms with Gasteiger partial charge in [0, 0.05) is 25.3 Å². The maximum absolute atomic E-state index is 12.7. The van der Waals surface area contributed by atoms with Crippen LogP contribution in [0.5, 0.6) is 0 Å². The zero-order chi connectivity index (χ0) is 19.2. The molecule has 6 heteroatoms. The molecule has 1 aromatic carbocycles.